The first kappa shape index (κ1) is 13.5. The van der Waals surface area contributed by atoms with Crippen molar-refractivity contribution in [2.24, 2.45) is 0 Å². The summed E-state index contributed by atoms with van der Waals surface area (Å²) in [5, 5.41) is 0. The molecule has 4 nitrogen and oxygen atoms in total. The summed E-state index contributed by atoms with van der Waals surface area (Å²) in [4.78, 5) is 11.9. The van der Waals surface area contributed by atoms with Gasteiger partial charge in [0.2, 0.25) is 0 Å². The van der Waals surface area contributed by atoms with E-state index in [2.05, 4.69) is 52.7 Å². The number of likely N-dealkylation sites (tertiary alicyclic amines) is 1. The third-order valence-electron chi connectivity index (χ3n) is 4.55. The average molecular weight is 292 g/mol. The molecule has 1 fully saturated rings. The van der Waals surface area contributed by atoms with E-state index in [4.69, 9.17) is 4.98 Å². The van der Waals surface area contributed by atoms with Crippen LogP contribution < -0.4 is 0 Å². The van der Waals surface area contributed by atoms with Crippen LogP contribution >= 0.6 is 0 Å². The lowest BCUT2D eigenvalue weighted by molar-refractivity contribution is 0.304. The molecule has 0 bridgehead atoms. The van der Waals surface area contributed by atoms with Crippen molar-refractivity contribution < 1.29 is 0 Å². The predicted octanol–water partition coefficient (Wildman–Crippen LogP) is 3.50. The lowest BCUT2D eigenvalue weighted by Gasteiger charge is -2.20. The van der Waals surface area contributed by atoms with E-state index in [9.17, 15) is 0 Å². The maximum Gasteiger partial charge on any atom is 0.164 e. The molecular weight excluding hydrogens is 272 g/mol. The topological polar surface area (TPSA) is 34.0 Å². The lowest BCUT2D eigenvalue weighted by atomic mass is 10.2. The van der Waals surface area contributed by atoms with Gasteiger partial charge in [-0.2, -0.15) is 0 Å². The van der Waals surface area contributed by atoms with Crippen molar-refractivity contribution in [1.29, 1.82) is 0 Å². The molecule has 0 spiro atoms. The van der Waals surface area contributed by atoms with Gasteiger partial charge in [-0.1, -0.05) is 17.7 Å². The Morgan fingerprint density at radius 1 is 1.14 bits per heavy atom. The minimum absolute atomic E-state index is 0.371. The van der Waals surface area contributed by atoms with Crippen LogP contribution in [0.5, 0.6) is 0 Å². The molecule has 0 N–H and O–H groups in total. The Kier molecular flexibility index (Phi) is 3.19. The van der Waals surface area contributed by atoms with Crippen molar-refractivity contribution in [3.8, 4) is 5.69 Å². The van der Waals surface area contributed by atoms with Crippen molar-refractivity contribution in [2.75, 3.05) is 13.6 Å². The first-order valence-corrected chi connectivity index (χ1v) is 7.85. The number of rotatable bonds is 2. The molecule has 3 aromatic rings. The van der Waals surface area contributed by atoms with Crippen molar-refractivity contribution in [1.82, 2.24) is 19.4 Å². The second-order valence-corrected chi connectivity index (χ2v) is 6.13. The molecule has 1 aromatic carbocycles. The molecular formula is C18H20N4. The van der Waals surface area contributed by atoms with Gasteiger partial charge in [0.1, 0.15) is 11.3 Å². The fourth-order valence-electron chi connectivity index (χ4n) is 3.34. The number of hydrogen-bond donors (Lipinski definition) is 0. The van der Waals surface area contributed by atoms with Crippen LogP contribution in [0, 0.1) is 6.92 Å². The van der Waals surface area contributed by atoms with Crippen molar-refractivity contribution in [3.63, 3.8) is 0 Å². The van der Waals surface area contributed by atoms with Gasteiger partial charge in [0.15, 0.2) is 5.65 Å². The molecule has 3 heterocycles. The van der Waals surface area contributed by atoms with Gasteiger partial charge in [0, 0.05) is 11.9 Å². The summed E-state index contributed by atoms with van der Waals surface area (Å²) >= 11 is 0. The van der Waals surface area contributed by atoms with Crippen LogP contribution in [0.15, 0.2) is 42.6 Å². The van der Waals surface area contributed by atoms with E-state index < -0.39 is 0 Å². The third kappa shape index (κ3) is 2.11. The maximum absolute atomic E-state index is 4.90. The average Bonchev–Trinajstić information content (AvgIpc) is 3.11. The van der Waals surface area contributed by atoms with E-state index in [0.29, 0.717) is 6.04 Å². The zero-order chi connectivity index (χ0) is 15.1. The van der Waals surface area contributed by atoms with Gasteiger partial charge in [-0.25, -0.2) is 9.97 Å². The van der Waals surface area contributed by atoms with Crippen molar-refractivity contribution >= 4 is 11.2 Å². The SMILES string of the molecule is Cc1ccc(-n2c(C3CCCN3C)nc3cccnc32)cc1. The highest BCUT2D eigenvalue weighted by molar-refractivity contribution is 5.74. The van der Waals surface area contributed by atoms with E-state index in [1.54, 1.807) is 0 Å². The van der Waals surface area contributed by atoms with Gasteiger partial charge < -0.3 is 0 Å². The Hall–Kier alpha value is -2.20. The molecule has 0 saturated carbocycles. The number of nitrogens with zero attached hydrogens (tertiary/aromatic N) is 4. The summed E-state index contributed by atoms with van der Waals surface area (Å²) < 4.78 is 2.22. The quantitative estimate of drug-likeness (QED) is 0.725. The molecule has 22 heavy (non-hydrogen) atoms. The first-order valence-electron chi connectivity index (χ1n) is 7.85. The Balaban J connectivity index is 1.95. The second kappa shape index (κ2) is 5.21. The van der Waals surface area contributed by atoms with Crippen LogP contribution in [-0.2, 0) is 0 Å². The number of fused-ring (bicyclic) bond motifs is 1. The van der Waals surface area contributed by atoms with Gasteiger partial charge in [0.05, 0.1) is 6.04 Å². The number of aryl methyl sites for hydroxylation is 1. The maximum atomic E-state index is 4.90. The van der Waals surface area contributed by atoms with E-state index in [1.807, 2.05) is 18.3 Å². The molecule has 1 aliphatic heterocycles. The highest BCUT2D eigenvalue weighted by atomic mass is 15.2. The Morgan fingerprint density at radius 2 is 1.95 bits per heavy atom. The molecule has 0 amide bonds. The van der Waals surface area contributed by atoms with Gasteiger partial charge in [0.25, 0.3) is 0 Å². The number of benzene rings is 1. The van der Waals surface area contributed by atoms with Gasteiger partial charge in [-0.3, -0.25) is 9.47 Å². The van der Waals surface area contributed by atoms with Crippen LogP contribution in [0.25, 0.3) is 16.9 Å². The highest BCUT2D eigenvalue weighted by Crippen LogP contribution is 2.33. The lowest BCUT2D eigenvalue weighted by Crippen LogP contribution is -2.20. The molecule has 0 radical (unpaired) electrons. The Morgan fingerprint density at radius 3 is 2.68 bits per heavy atom. The smallest absolute Gasteiger partial charge is 0.164 e. The number of imidazole rings is 1. The van der Waals surface area contributed by atoms with Gasteiger partial charge in [-0.05, 0) is 57.6 Å². The monoisotopic (exact) mass is 292 g/mol. The van der Waals surface area contributed by atoms with Gasteiger partial charge in [-0.15, -0.1) is 0 Å². The first-order chi connectivity index (χ1) is 10.7. The fraction of sp³-hybridized carbons (Fsp3) is 0.333. The normalized spacial score (nSPS) is 19.1. The minimum Gasteiger partial charge on any atom is -0.297 e. The van der Waals surface area contributed by atoms with E-state index in [-0.39, 0.29) is 0 Å². The molecule has 1 aliphatic rings. The summed E-state index contributed by atoms with van der Waals surface area (Å²) in [6.07, 6.45) is 4.23. The van der Waals surface area contributed by atoms with Crippen molar-refractivity contribution in [2.45, 2.75) is 25.8 Å². The molecule has 0 aliphatic carbocycles. The van der Waals surface area contributed by atoms with Crippen LogP contribution in [0.1, 0.15) is 30.3 Å². The number of hydrogen-bond acceptors (Lipinski definition) is 3. The zero-order valence-electron chi connectivity index (χ0n) is 13.0. The second-order valence-electron chi connectivity index (χ2n) is 6.13. The highest BCUT2D eigenvalue weighted by Gasteiger charge is 2.28. The minimum atomic E-state index is 0.371. The van der Waals surface area contributed by atoms with Crippen LogP contribution in [0.3, 0.4) is 0 Å². The molecule has 112 valence electrons. The summed E-state index contributed by atoms with van der Waals surface area (Å²) in [5.41, 5.74) is 4.32. The van der Waals surface area contributed by atoms with Crippen molar-refractivity contribution in [3.05, 3.63) is 54.0 Å². The fourth-order valence-corrected chi connectivity index (χ4v) is 3.34. The summed E-state index contributed by atoms with van der Waals surface area (Å²) in [7, 11) is 2.18. The van der Waals surface area contributed by atoms with Gasteiger partial charge >= 0.3 is 0 Å². The van der Waals surface area contributed by atoms with Crippen LogP contribution in [0.2, 0.25) is 0 Å². The van der Waals surface area contributed by atoms with E-state index in [1.165, 1.54) is 12.0 Å². The molecule has 4 rings (SSSR count). The number of pyridine rings is 1. The Labute approximate surface area is 130 Å². The number of aromatic nitrogens is 3. The molecule has 4 heteroatoms. The summed E-state index contributed by atoms with van der Waals surface area (Å²) in [5.74, 6) is 1.11. The standard InChI is InChI=1S/C18H20N4/c1-13-7-9-14(10-8-13)22-17-15(5-3-11-19-17)20-18(22)16-6-4-12-21(16)2/h3,5,7-11,16H,4,6,12H2,1-2H3. The summed E-state index contributed by atoms with van der Waals surface area (Å²) in [6.45, 7) is 3.24. The van der Waals surface area contributed by atoms with Crippen LogP contribution in [-0.4, -0.2) is 33.0 Å². The third-order valence-corrected chi connectivity index (χ3v) is 4.55. The molecule has 1 unspecified atom stereocenters. The van der Waals surface area contributed by atoms with E-state index >= 15 is 0 Å². The summed E-state index contributed by atoms with van der Waals surface area (Å²) in [6, 6.07) is 13.0. The Bertz CT molecular complexity index is 804. The van der Waals surface area contributed by atoms with Crippen LogP contribution in [0.4, 0.5) is 0 Å². The van der Waals surface area contributed by atoms with E-state index in [0.717, 1.165) is 35.6 Å². The molecule has 1 saturated heterocycles. The largest absolute Gasteiger partial charge is 0.297 e. The zero-order valence-corrected chi connectivity index (χ0v) is 13.0. The predicted molar refractivity (Wildman–Crippen MR) is 88.2 cm³/mol. The molecule has 2 aromatic heterocycles. The molecule has 1 atom stereocenters.